The summed E-state index contributed by atoms with van der Waals surface area (Å²) < 4.78 is 32.5. The molecule has 1 heterocycles. The van der Waals surface area contributed by atoms with E-state index < -0.39 is 0 Å². The van der Waals surface area contributed by atoms with E-state index >= 15 is 0 Å². The SMILES string of the molecule is CCOc1ccc(NC(=S)N2CCN(C(c3ccc(F)cc3)c3ccc(F)cc3)CC2)cc1. The van der Waals surface area contributed by atoms with Crippen molar-refractivity contribution in [3.8, 4) is 5.75 Å². The van der Waals surface area contributed by atoms with Crippen LogP contribution in [-0.4, -0.2) is 47.7 Å². The highest BCUT2D eigenvalue weighted by atomic mass is 32.1. The van der Waals surface area contributed by atoms with Gasteiger partial charge in [0.15, 0.2) is 5.11 Å². The van der Waals surface area contributed by atoms with Crippen LogP contribution < -0.4 is 10.1 Å². The molecule has 33 heavy (non-hydrogen) atoms. The molecule has 1 aliphatic rings. The van der Waals surface area contributed by atoms with Gasteiger partial charge in [-0.15, -0.1) is 0 Å². The van der Waals surface area contributed by atoms with Crippen molar-refractivity contribution in [2.75, 3.05) is 38.1 Å². The monoisotopic (exact) mass is 467 g/mol. The summed E-state index contributed by atoms with van der Waals surface area (Å²) in [6.45, 7) is 5.63. The van der Waals surface area contributed by atoms with Gasteiger partial charge in [-0.2, -0.15) is 0 Å². The number of anilines is 1. The minimum absolute atomic E-state index is 0.0824. The molecule has 0 bridgehead atoms. The Morgan fingerprint density at radius 2 is 1.36 bits per heavy atom. The number of ether oxygens (including phenoxy) is 1. The van der Waals surface area contributed by atoms with E-state index in [2.05, 4.69) is 15.1 Å². The molecule has 0 atom stereocenters. The Balaban J connectivity index is 1.43. The number of piperazine rings is 1. The molecule has 0 saturated carbocycles. The Hall–Kier alpha value is -3.03. The van der Waals surface area contributed by atoms with Gasteiger partial charge in [-0.05, 0) is 78.8 Å². The van der Waals surface area contributed by atoms with Crippen LogP contribution in [-0.2, 0) is 0 Å². The topological polar surface area (TPSA) is 27.7 Å². The fraction of sp³-hybridized carbons (Fsp3) is 0.269. The van der Waals surface area contributed by atoms with Crippen LogP contribution in [0.4, 0.5) is 14.5 Å². The smallest absolute Gasteiger partial charge is 0.173 e. The highest BCUT2D eigenvalue weighted by Gasteiger charge is 2.27. The summed E-state index contributed by atoms with van der Waals surface area (Å²) in [7, 11) is 0. The minimum Gasteiger partial charge on any atom is -0.494 e. The van der Waals surface area contributed by atoms with Crippen molar-refractivity contribution in [2.45, 2.75) is 13.0 Å². The summed E-state index contributed by atoms with van der Waals surface area (Å²) in [6, 6.07) is 20.7. The van der Waals surface area contributed by atoms with Crippen LogP contribution in [0.25, 0.3) is 0 Å². The molecule has 0 aliphatic carbocycles. The van der Waals surface area contributed by atoms with Crippen LogP contribution in [0.5, 0.6) is 5.75 Å². The molecule has 1 N–H and O–H groups in total. The number of nitrogens with zero attached hydrogens (tertiary/aromatic N) is 2. The normalized spacial score (nSPS) is 14.4. The first-order valence-corrected chi connectivity index (χ1v) is 11.5. The van der Waals surface area contributed by atoms with Crippen molar-refractivity contribution in [1.82, 2.24) is 9.80 Å². The van der Waals surface area contributed by atoms with E-state index in [1.807, 2.05) is 31.2 Å². The van der Waals surface area contributed by atoms with E-state index in [-0.39, 0.29) is 17.7 Å². The van der Waals surface area contributed by atoms with Crippen LogP contribution in [0, 0.1) is 11.6 Å². The lowest BCUT2D eigenvalue weighted by Gasteiger charge is -2.40. The standard InChI is InChI=1S/C26H27F2N3OS/c1-2-32-24-13-11-23(12-14-24)29-26(33)31-17-15-30(16-18-31)25(19-3-7-21(27)8-4-19)20-5-9-22(28)10-6-20/h3-14,25H,2,15-18H2,1H3,(H,29,33). The molecular formula is C26H27F2N3OS. The second kappa shape index (κ2) is 10.7. The summed E-state index contributed by atoms with van der Waals surface area (Å²) in [5.41, 5.74) is 2.87. The summed E-state index contributed by atoms with van der Waals surface area (Å²) in [5.74, 6) is 0.287. The van der Waals surface area contributed by atoms with Gasteiger partial charge in [-0.1, -0.05) is 24.3 Å². The molecule has 3 aromatic carbocycles. The maximum absolute atomic E-state index is 13.5. The molecule has 172 valence electrons. The van der Waals surface area contributed by atoms with Crippen molar-refractivity contribution in [2.24, 2.45) is 0 Å². The van der Waals surface area contributed by atoms with E-state index in [9.17, 15) is 8.78 Å². The summed E-state index contributed by atoms with van der Waals surface area (Å²) in [4.78, 5) is 4.48. The molecule has 1 saturated heterocycles. The Labute approximate surface area is 198 Å². The molecule has 3 aromatic rings. The third-order valence-corrected chi connectivity index (χ3v) is 6.11. The van der Waals surface area contributed by atoms with Gasteiger partial charge < -0.3 is 15.0 Å². The molecule has 0 amide bonds. The van der Waals surface area contributed by atoms with Crippen LogP contribution in [0.1, 0.15) is 24.1 Å². The van der Waals surface area contributed by atoms with Crippen LogP contribution in [0.3, 0.4) is 0 Å². The highest BCUT2D eigenvalue weighted by Crippen LogP contribution is 2.30. The number of hydrogen-bond donors (Lipinski definition) is 1. The zero-order valence-corrected chi connectivity index (χ0v) is 19.3. The average Bonchev–Trinajstić information content (AvgIpc) is 2.83. The summed E-state index contributed by atoms with van der Waals surface area (Å²) in [5, 5.41) is 3.98. The predicted molar refractivity (Wildman–Crippen MR) is 132 cm³/mol. The Morgan fingerprint density at radius 1 is 0.848 bits per heavy atom. The zero-order chi connectivity index (χ0) is 23.2. The maximum atomic E-state index is 13.5. The Kier molecular flexibility index (Phi) is 7.52. The van der Waals surface area contributed by atoms with Crippen molar-refractivity contribution in [3.63, 3.8) is 0 Å². The average molecular weight is 468 g/mol. The lowest BCUT2D eigenvalue weighted by atomic mass is 9.96. The van der Waals surface area contributed by atoms with Gasteiger partial charge in [0.05, 0.1) is 12.6 Å². The largest absolute Gasteiger partial charge is 0.494 e. The summed E-state index contributed by atoms with van der Waals surface area (Å²) in [6.07, 6.45) is 0. The van der Waals surface area contributed by atoms with Gasteiger partial charge in [-0.25, -0.2) is 8.78 Å². The lowest BCUT2D eigenvalue weighted by molar-refractivity contribution is 0.151. The first-order valence-electron chi connectivity index (χ1n) is 11.1. The molecule has 7 heteroatoms. The van der Waals surface area contributed by atoms with Gasteiger partial charge in [0, 0.05) is 31.9 Å². The number of rotatable bonds is 6. The van der Waals surface area contributed by atoms with Gasteiger partial charge >= 0.3 is 0 Å². The first kappa shape index (κ1) is 23.1. The summed E-state index contributed by atoms with van der Waals surface area (Å²) >= 11 is 5.64. The fourth-order valence-electron chi connectivity index (χ4n) is 4.09. The molecule has 1 fully saturated rings. The van der Waals surface area contributed by atoms with E-state index in [0.717, 1.165) is 48.7 Å². The van der Waals surface area contributed by atoms with E-state index in [1.54, 1.807) is 24.3 Å². The number of thiocarbonyl (C=S) groups is 1. The number of halogens is 2. The number of hydrogen-bond acceptors (Lipinski definition) is 3. The van der Waals surface area contributed by atoms with Gasteiger partial charge in [0.2, 0.25) is 0 Å². The predicted octanol–water partition coefficient (Wildman–Crippen LogP) is 5.47. The zero-order valence-electron chi connectivity index (χ0n) is 18.5. The van der Waals surface area contributed by atoms with E-state index in [1.165, 1.54) is 24.3 Å². The highest BCUT2D eigenvalue weighted by molar-refractivity contribution is 7.80. The molecule has 0 spiro atoms. The Morgan fingerprint density at radius 3 is 1.85 bits per heavy atom. The van der Waals surface area contributed by atoms with Crippen molar-refractivity contribution >= 4 is 23.0 Å². The van der Waals surface area contributed by atoms with Crippen molar-refractivity contribution in [3.05, 3.63) is 95.6 Å². The van der Waals surface area contributed by atoms with E-state index in [0.29, 0.717) is 11.7 Å². The second-order valence-corrected chi connectivity index (χ2v) is 8.30. The maximum Gasteiger partial charge on any atom is 0.173 e. The fourth-order valence-corrected chi connectivity index (χ4v) is 4.39. The molecule has 0 aromatic heterocycles. The van der Waals surface area contributed by atoms with Gasteiger partial charge in [0.1, 0.15) is 17.4 Å². The molecule has 0 unspecified atom stereocenters. The molecule has 4 rings (SSSR count). The quantitative estimate of drug-likeness (QED) is 0.486. The molecule has 1 aliphatic heterocycles. The van der Waals surface area contributed by atoms with Crippen molar-refractivity contribution < 1.29 is 13.5 Å². The minimum atomic E-state index is -0.271. The molecule has 0 radical (unpaired) electrons. The van der Waals surface area contributed by atoms with E-state index in [4.69, 9.17) is 17.0 Å². The Bertz CT molecular complexity index is 1000. The number of nitrogens with one attached hydrogen (secondary N) is 1. The van der Waals surface area contributed by atoms with Crippen molar-refractivity contribution in [1.29, 1.82) is 0 Å². The molecular weight excluding hydrogens is 440 g/mol. The lowest BCUT2D eigenvalue weighted by Crippen LogP contribution is -2.51. The molecule has 4 nitrogen and oxygen atoms in total. The van der Waals surface area contributed by atoms with Crippen LogP contribution >= 0.6 is 12.2 Å². The second-order valence-electron chi connectivity index (χ2n) is 7.92. The van der Waals surface area contributed by atoms with Gasteiger partial charge in [-0.3, -0.25) is 4.90 Å². The van der Waals surface area contributed by atoms with Crippen LogP contribution in [0.2, 0.25) is 0 Å². The number of benzene rings is 3. The van der Waals surface area contributed by atoms with Gasteiger partial charge in [0.25, 0.3) is 0 Å². The van der Waals surface area contributed by atoms with Crippen LogP contribution in [0.15, 0.2) is 72.8 Å². The first-order chi connectivity index (χ1) is 16.0. The third kappa shape index (κ3) is 5.86. The third-order valence-electron chi connectivity index (χ3n) is 5.75.